The smallest absolute Gasteiger partial charge is 0.119 e. The van der Waals surface area contributed by atoms with Gasteiger partial charge in [0.15, 0.2) is 0 Å². The second-order valence-corrected chi connectivity index (χ2v) is 6.00. The van der Waals surface area contributed by atoms with Crippen molar-refractivity contribution >= 4 is 0 Å². The molecule has 0 aromatic heterocycles. The highest BCUT2D eigenvalue weighted by atomic mass is 16.5. The van der Waals surface area contributed by atoms with Gasteiger partial charge in [-0.25, -0.2) is 0 Å². The summed E-state index contributed by atoms with van der Waals surface area (Å²) < 4.78 is 5.33. The van der Waals surface area contributed by atoms with Gasteiger partial charge in [0.05, 0.1) is 7.11 Å². The van der Waals surface area contributed by atoms with Crippen LogP contribution in [0, 0.1) is 5.92 Å². The lowest BCUT2D eigenvalue weighted by molar-refractivity contribution is 0.413. The molecule has 1 aliphatic rings. The lowest BCUT2D eigenvalue weighted by Gasteiger charge is -2.15. The van der Waals surface area contributed by atoms with Gasteiger partial charge in [-0.1, -0.05) is 32.8 Å². The van der Waals surface area contributed by atoms with Gasteiger partial charge >= 0.3 is 0 Å². The van der Waals surface area contributed by atoms with Gasteiger partial charge in [0, 0.05) is 6.04 Å². The number of hydrogen-bond acceptors (Lipinski definition) is 2. The Balaban J connectivity index is 1.81. The summed E-state index contributed by atoms with van der Waals surface area (Å²) in [5.74, 6) is 1.81. The molecule has 0 heterocycles. The van der Waals surface area contributed by atoms with Crippen molar-refractivity contribution in [1.82, 2.24) is 5.32 Å². The van der Waals surface area contributed by atoms with Gasteiger partial charge < -0.3 is 10.1 Å². The van der Waals surface area contributed by atoms with Crippen LogP contribution in [0.15, 0.2) is 18.2 Å². The molecule has 0 bridgehead atoms. The zero-order chi connectivity index (χ0) is 13.7. The van der Waals surface area contributed by atoms with Crippen molar-refractivity contribution in [3.05, 3.63) is 29.3 Å². The van der Waals surface area contributed by atoms with Crippen molar-refractivity contribution in [1.29, 1.82) is 0 Å². The Morgan fingerprint density at radius 1 is 1.32 bits per heavy atom. The van der Waals surface area contributed by atoms with E-state index in [1.165, 1.54) is 43.2 Å². The zero-order valence-corrected chi connectivity index (χ0v) is 12.5. The Kier molecular flexibility index (Phi) is 5.26. The highest BCUT2D eigenvalue weighted by molar-refractivity contribution is 5.40. The molecule has 0 aliphatic heterocycles. The standard InChI is InChI=1S/C17H27NO/c1-13(2)6-4-5-11-18-17-10-8-14-7-9-15(19-3)12-16(14)17/h7,9,12-13,17-18H,4-6,8,10-11H2,1-3H3. The molecule has 0 amide bonds. The minimum atomic E-state index is 0.532. The third-order valence-electron chi connectivity index (χ3n) is 4.03. The van der Waals surface area contributed by atoms with Gasteiger partial charge in [-0.3, -0.25) is 0 Å². The number of hydrogen-bond donors (Lipinski definition) is 1. The number of fused-ring (bicyclic) bond motifs is 1. The number of nitrogens with one attached hydrogen (secondary N) is 1. The van der Waals surface area contributed by atoms with Crippen molar-refractivity contribution in [3.8, 4) is 5.75 Å². The molecule has 0 saturated heterocycles. The maximum Gasteiger partial charge on any atom is 0.119 e. The zero-order valence-electron chi connectivity index (χ0n) is 12.5. The molecule has 1 unspecified atom stereocenters. The fraction of sp³-hybridized carbons (Fsp3) is 0.647. The molecule has 106 valence electrons. The van der Waals surface area contributed by atoms with E-state index in [4.69, 9.17) is 4.74 Å². The van der Waals surface area contributed by atoms with Crippen molar-refractivity contribution in [2.24, 2.45) is 5.92 Å². The lowest BCUT2D eigenvalue weighted by Crippen LogP contribution is -2.20. The van der Waals surface area contributed by atoms with Crippen LogP contribution < -0.4 is 10.1 Å². The first kappa shape index (κ1) is 14.4. The first-order valence-electron chi connectivity index (χ1n) is 7.61. The van der Waals surface area contributed by atoms with Crippen LogP contribution in [0.25, 0.3) is 0 Å². The Labute approximate surface area is 117 Å². The van der Waals surface area contributed by atoms with Gasteiger partial charge in [0.2, 0.25) is 0 Å². The van der Waals surface area contributed by atoms with E-state index in [-0.39, 0.29) is 0 Å². The Bertz CT molecular complexity index is 400. The fourth-order valence-electron chi connectivity index (χ4n) is 2.87. The summed E-state index contributed by atoms with van der Waals surface area (Å²) in [7, 11) is 1.74. The molecule has 0 radical (unpaired) electrons. The molecule has 0 fully saturated rings. The van der Waals surface area contributed by atoms with Crippen molar-refractivity contribution in [2.45, 2.75) is 52.0 Å². The average molecular weight is 261 g/mol. The molecule has 1 aromatic rings. The highest BCUT2D eigenvalue weighted by Crippen LogP contribution is 2.33. The van der Waals surface area contributed by atoms with Gasteiger partial charge in [-0.2, -0.15) is 0 Å². The number of ether oxygens (including phenoxy) is 1. The van der Waals surface area contributed by atoms with E-state index in [1.54, 1.807) is 7.11 Å². The number of methoxy groups -OCH3 is 1. The van der Waals surface area contributed by atoms with E-state index >= 15 is 0 Å². The predicted octanol–water partition coefficient (Wildman–Crippen LogP) is 4.10. The van der Waals surface area contributed by atoms with Crippen molar-refractivity contribution in [2.75, 3.05) is 13.7 Å². The second kappa shape index (κ2) is 6.95. The molecular formula is C17H27NO. The largest absolute Gasteiger partial charge is 0.497 e. The summed E-state index contributed by atoms with van der Waals surface area (Å²) >= 11 is 0. The van der Waals surface area contributed by atoms with Crippen LogP contribution in [0.2, 0.25) is 0 Å². The van der Waals surface area contributed by atoms with Crippen LogP contribution in [0.5, 0.6) is 5.75 Å². The number of benzene rings is 1. The minimum Gasteiger partial charge on any atom is -0.497 e. The molecule has 1 atom stereocenters. The van der Waals surface area contributed by atoms with E-state index in [9.17, 15) is 0 Å². The van der Waals surface area contributed by atoms with Crippen LogP contribution in [0.4, 0.5) is 0 Å². The highest BCUT2D eigenvalue weighted by Gasteiger charge is 2.22. The normalized spacial score (nSPS) is 17.8. The molecule has 0 spiro atoms. The topological polar surface area (TPSA) is 21.3 Å². The molecule has 1 aromatic carbocycles. The second-order valence-electron chi connectivity index (χ2n) is 6.00. The van der Waals surface area contributed by atoms with Gasteiger partial charge in [0.25, 0.3) is 0 Å². The van der Waals surface area contributed by atoms with Crippen LogP contribution >= 0.6 is 0 Å². The van der Waals surface area contributed by atoms with Crippen LogP contribution in [-0.2, 0) is 6.42 Å². The number of aryl methyl sites for hydroxylation is 1. The Morgan fingerprint density at radius 2 is 2.16 bits per heavy atom. The molecule has 1 N–H and O–H groups in total. The summed E-state index contributed by atoms with van der Waals surface area (Å²) in [4.78, 5) is 0. The summed E-state index contributed by atoms with van der Waals surface area (Å²) in [6.07, 6.45) is 6.39. The quantitative estimate of drug-likeness (QED) is 0.746. The molecular weight excluding hydrogens is 234 g/mol. The van der Waals surface area contributed by atoms with Crippen LogP contribution in [0.1, 0.15) is 56.7 Å². The summed E-state index contributed by atoms with van der Waals surface area (Å²) in [6.45, 7) is 5.73. The summed E-state index contributed by atoms with van der Waals surface area (Å²) in [5, 5.41) is 3.71. The third-order valence-corrected chi connectivity index (χ3v) is 4.03. The van der Waals surface area contributed by atoms with E-state index in [0.29, 0.717) is 6.04 Å². The summed E-state index contributed by atoms with van der Waals surface area (Å²) in [6, 6.07) is 7.02. The molecule has 2 rings (SSSR count). The monoisotopic (exact) mass is 261 g/mol. The maximum absolute atomic E-state index is 5.33. The molecule has 1 aliphatic carbocycles. The van der Waals surface area contributed by atoms with E-state index < -0.39 is 0 Å². The van der Waals surface area contributed by atoms with Crippen LogP contribution in [0.3, 0.4) is 0 Å². The number of rotatable bonds is 7. The van der Waals surface area contributed by atoms with E-state index in [1.807, 2.05) is 0 Å². The van der Waals surface area contributed by atoms with Gasteiger partial charge in [-0.15, -0.1) is 0 Å². The first-order chi connectivity index (χ1) is 9.20. The van der Waals surface area contributed by atoms with Gasteiger partial charge in [0.1, 0.15) is 5.75 Å². The number of unbranched alkanes of at least 4 members (excludes halogenated alkanes) is 1. The Hall–Kier alpha value is -1.02. The predicted molar refractivity (Wildman–Crippen MR) is 80.7 cm³/mol. The van der Waals surface area contributed by atoms with Crippen molar-refractivity contribution < 1.29 is 4.74 Å². The van der Waals surface area contributed by atoms with Crippen LogP contribution in [-0.4, -0.2) is 13.7 Å². The van der Waals surface area contributed by atoms with Crippen molar-refractivity contribution in [3.63, 3.8) is 0 Å². The van der Waals surface area contributed by atoms with Gasteiger partial charge in [-0.05, 0) is 55.0 Å². The SMILES string of the molecule is COc1ccc2c(c1)C(NCCCCC(C)C)CC2. The average Bonchev–Trinajstić information content (AvgIpc) is 2.80. The maximum atomic E-state index is 5.33. The third kappa shape index (κ3) is 3.97. The molecule has 2 nitrogen and oxygen atoms in total. The minimum absolute atomic E-state index is 0.532. The molecule has 0 saturated carbocycles. The fourth-order valence-corrected chi connectivity index (χ4v) is 2.87. The Morgan fingerprint density at radius 3 is 2.89 bits per heavy atom. The summed E-state index contributed by atoms with van der Waals surface area (Å²) in [5.41, 5.74) is 2.93. The van der Waals surface area contributed by atoms with E-state index in [0.717, 1.165) is 18.2 Å². The first-order valence-corrected chi connectivity index (χ1v) is 7.61. The molecule has 19 heavy (non-hydrogen) atoms. The van der Waals surface area contributed by atoms with E-state index in [2.05, 4.69) is 37.4 Å². The molecule has 2 heteroatoms. The lowest BCUT2D eigenvalue weighted by atomic mass is 10.1.